The van der Waals surface area contributed by atoms with E-state index in [0.717, 1.165) is 56.6 Å². The van der Waals surface area contributed by atoms with Crippen molar-refractivity contribution in [3.05, 3.63) is 35.9 Å². The molecule has 2 amide bonds. The number of nitrogens with zero attached hydrogens (tertiary/aromatic N) is 2. The molecule has 2 heterocycles. The molecule has 1 aliphatic carbocycles. The summed E-state index contributed by atoms with van der Waals surface area (Å²) in [5.41, 5.74) is 1.08. The smallest absolute Gasteiger partial charge is 0.226 e. The molecule has 1 aromatic carbocycles. The Labute approximate surface area is 166 Å². The molecule has 0 radical (unpaired) electrons. The van der Waals surface area contributed by atoms with Crippen LogP contribution >= 0.6 is 11.8 Å². The number of carbonyl (C=O) groups excluding carboxylic acids is 2. The van der Waals surface area contributed by atoms with Gasteiger partial charge in [-0.2, -0.15) is 0 Å². The number of hydrogen-bond acceptors (Lipinski definition) is 3. The van der Waals surface area contributed by atoms with Gasteiger partial charge in [-0.1, -0.05) is 49.6 Å². The van der Waals surface area contributed by atoms with Gasteiger partial charge < -0.3 is 9.80 Å². The Bertz CT molecular complexity index is 664. The fraction of sp³-hybridized carbons (Fsp3) is 0.636. The molecule has 146 valence electrons. The summed E-state index contributed by atoms with van der Waals surface area (Å²) < 4.78 is 0. The van der Waals surface area contributed by atoms with Crippen LogP contribution in [0.3, 0.4) is 0 Å². The molecule has 4 rings (SSSR count). The van der Waals surface area contributed by atoms with Gasteiger partial charge in [0.25, 0.3) is 0 Å². The quantitative estimate of drug-likeness (QED) is 0.795. The van der Waals surface area contributed by atoms with E-state index in [9.17, 15) is 9.59 Å². The summed E-state index contributed by atoms with van der Waals surface area (Å²) in [6.45, 7) is 2.43. The molecule has 3 aliphatic rings. The number of amides is 2. The molecule has 0 bridgehead atoms. The first-order valence-electron chi connectivity index (χ1n) is 10.5. The molecule has 3 fully saturated rings. The summed E-state index contributed by atoms with van der Waals surface area (Å²) in [5.74, 6) is 1.89. The number of rotatable bonds is 3. The van der Waals surface area contributed by atoms with Crippen LogP contribution in [0.25, 0.3) is 0 Å². The molecular formula is C22H30N2O2S. The van der Waals surface area contributed by atoms with Crippen LogP contribution in [0, 0.1) is 5.92 Å². The number of benzene rings is 1. The van der Waals surface area contributed by atoms with Gasteiger partial charge in [0, 0.05) is 31.3 Å². The third-order valence-electron chi connectivity index (χ3n) is 6.49. The summed E-state index contributed by atoms with van der Waals surface area (Å²) in [7, 11) is 0. The van der Waals surface area contributed by atoms with E-state index in [1.165, 1.54) is 19.3 Å². The first-order chi connectivity index (χ1) is 13.2. The van der Waals surface area contributed by atoms with Crippen LogP contribution < -0.4 is 0 Å². The normalized spacial score (nSPS) is 23.0. The van der Waals surface area contributed by atoms with Crippen LogP contribution in [-0.2, 0) is 16.0 Å². The molecule has 0 unspecified atom stereocenters. The maximum atomic E-state index is 13.2. The van der Waals surface area contributed by atoms with E-state index < -0.39 is 0 Å². The van der Waals surface area contributed by atoms with Crippen LogP contribution in [0.1, 0.15) is 50.5 Å². The number of thioether (sulfide) groups is 1. The third-order valence-corrected chi connectivity index (χ3v) is 8.05. The summed E-state index contributed by atoms with van der Waals surface area (Å²) in [6, 6.07) is 9.98. The lowest BCUT2D eigenvalue weighted by atomic mass is 9.87. The summed E-state index contributed by atoms with van der Waals surface area (Å²) in [4.78, 5) is 30.0. The molecule has 27 heavy (non-hydrogen) atoms. The molecule has 1 aromatic rings. The predicted octanol–water partition coefficient (Wildman–Crippen LogP) is 3.70. The first-order valence-corrected chi connectivity index (χ1v) is 11.4. The van der Waals surface area contributed by atoms with E-state index in [-0.39, 0.29) is 16.7 Å². The molecule has 1 saturated carbocycles. The number of piperidine rings is 1. The van der Waals surface area contributed by atoms with Gasteiger partial charge in [0.05, 0.1) is 11.3 Å². The van der Waals surface area contributed by atoms with Crippen molar-refractivity contribution in [2.75, 3.05) is 25.4 Å². The van der Waals surface area contributed by atoms with Crippen molar-refractivity contribution in [2.24, 2.45) is 5.92 Å². The predicted molar refractivity (Wildman–Crippen MR) is 109 cm³/mol. The standard InChI is InChI=1S/C22H30N2O2S/c25-20(17-18-7-3-1-4-8-18)23-13-11-22(12-14-23)24(15-16-27-22)21(26)19-9-5-2-6-10-19/h1,3-4,7-8,19H,2,5-6,9-17H2. The molecular weight excluding hydrogens is 356 g/mol. The lowest BCUT2D eigenvalue weighted by Gasteiger charge is -2.45. The highest BCUT2D eigenvalue weighted by molar-refractivity contribution is 8.00. The topological polar surface area (TPSA) is 40.6 Å². The third kappa shape index (κ3) is 4.03. The van der Waals surface area contributed by atoms with Crippen LogP contribution in [0.2, 0.25) is 0 Å². The van der Waals surface area contributed by atoms with Crippen molar-refractivity contribution < 1.29 is 9.59 Å². The first kappa shape index (κ1) is 18.9. The zero-order chi connectivity index (χ0) is 18.7. The molecule has 0 atom stereocenters. The number of hydrogen-bond donors (Lipinski definition) is 0. The summed E-state index contributed by atoms with van der Waals surface area (Å²) in [6.07, 6.45) is 8.12. The van der Waals surface area contributed by atoms with Gasteiger partial charge in [0.15, 0.2) is 0 Å². The van der Waals surface area contributed by atoms with E-state index >= 15 is 0 Å². The largest absolute Gasteiger partial charge is 0.342 e. The van der Waals surface area contributed by atoms with Gasteiger partial charge in [-0.05, 0) is 31.2 Å². The Morgan fingerprint density at radius 2 is 1.70 bits per heavy atom. The average molecular weight is 387 g/mol. The number of carbonyl (C=O) groups is 2. The van der Waals surface area contributed by atoms with Crippen LogP contribution in [-0.4, -0.2) is 51.9 Å². The fourth-order valence-corrected chi connectivity index (χ4v) is 6.35. The minimum absolute atomic E-state index is 0.0575. The highest BCUT2D eigenvalue weighted by Crippen LogP contribution is 2.45. The van der Waals surface area contributed by atoms with E-state index in [0.29, 0.717) is 12.3 Å². The second-order valence-corrected chi connectivity index (χ2v) is 9.62. The van der Waals surface area contributed by atoms with Crippen molar-refractivity contribution in [2.45, 2.75) is 56.2 Å². The summed E-state index contributed by atoms with van der Waals surface area (Å²) >= 11 is 1.95. The Hall–Kier alpha value is -1.49. The number of likely N-dealkylation sites (tertiary alicyclic amines) is 1. The molecule has 2 saturated heterocycles. The molecule has 4 nitrogen and oxygen atoms in total. The van der Waals surface area contributed by atoms with Crippen LogP contribution in [0.5, 0.6) is 0 Å². The van der Waals surface area contributed by atoms with Crippen molar-refractivity contribution in [1.82, 2.24) is 9.80 Å². The van der Waals surface area contributed by atoms with Gasteiger partial charge in [-0.25, -0.2) is 0 Å². The Balaban J connectivity index is 1.36. The Morgan fingerprint density at radius 3 is 2.41 bits per heavy atom. The van der Waals surface area contributed by atoms with Crippen molar-refractivity contribution >= 4 is 23.6 Å². The average Bonchev–Trinajstić information content (AvgIpc) is 3.12. The Morgan fingerprint density at radius 1 is 1.00 bits per heavy atom. The zero-order valence-electron chi connectivity index (χ0n) is 16.1. The van der Waals surface area contributed by atoms with Gasteiger partial charge in [-0.3, -0.25) is 9.59 Å². The highest BCUT2D eigenvalue weighted by atomic mass is 32.2. The summed E-state index contributed by atoms with van der Waals surface area (Å²) in [5, 5.41) is 0. The SMILES string of the molecule is O=C(Cc1ccccc1)N1CCC2(CC1)SCCN2C(=O)C1CCCCC1. The highest BCUT2D eigenvalue weighted by Gasteiger charge is 2.48. The zero-order valence-corrected chi connectivity index (χ0v) is 16.9. The lowest BCUT2D eigenvalue weighted by molar-refractivity contribution is -0.141. The fourth-order valence-electron chi connectivity index (χ4n) is 4.89. The van der Waals surface area contributed by atoms with E-state index in [4.69, 9.17) is 0 Å². The van der Waals surface area contributed by atoms with E-state index in [1.54, 1.807) is 0 Å². The molecule has 2 aliphatic heterocycles. The van der Waals surface area contributed by atoms with Gasteiger partial charge >= 0.3 is 0 Å². The second-order valence-electron chi connectivity index (χ2n) is 8.16. The van der Waals surface area contributed by atoms with E-state index in [2.05, 4.69) is 4.90 Å². The molecule has 5 heteroatoms. The van der Waals surface area contributed by atoms with Crippen molar-refractivity contribution in [3.63, 3.8) is 0 Å². The lowest BCUT2D eigenvalue weighted by Crippen LogP contribution is -2.55. The molecule has 0 aromatic heterocycles. The van der Waals surface area contributed by atoms with Crippen LogP contribution in [0.15, 0.2) is 30.3 Å². The minimum Gasteiger partial charge on any atom is -0.342 e. The maximum Gasteiger partial charge on any atom is 0.226 e. The second kappa shape index (κ2) is 8.26. The van der Waals surface area contributed by atoms with E-state index in [1.807, 2.05) is 47.0 Å². The van der Waals surface area contributed by atoms with Crippen LogP contribution in [0.4, 0.5) is 0 Å². The Kier molecular flexibility index (Phi) is 5.76. The molecule has 0 N–H and O–H groups in total. The van der Waals surface area contributed by atoms with Crippen molar-refractivity contribution in [3.8, 4) is 0 Å². The monoisotopic (exact) mass is 386 g/mol. The van der Waals surface area contributed by atoms with Gasteiger partial charge in [-0.15, -0.1) is 11.8 Å². The molecule has 1 spiro atoms. The van der Waals surface area contributed by atoms with Crippen molar-refractivity contribution in [1.29, 1.82) is 0 Å². The van der Waals surface area contributed by atoms with Gasteiger partial charge in [0.1, 0.15) is 0 Å². The maximum absolute atomic E-state index is 13.2. The minimum atomic E-state index is -0.0575. The van der Waals surface area contributed by atoms with Gasteiger partial charge in [0.2, 0.25) is 11.8 Å².